The number of aliphatic hydroxyl groups is 1. The molecule has 2 rings (SSSR count). The minimum atomic E-state index is 0.0789. The van der Waals surface area contributed by atoms with Gasteiger partial charge < -0.3 is 5.11 Å². The second-order valence-electron chi connectivity index (χ2n) is 2.91. The second-order valence-corrected chi connectivity index (χ2v) is 5.09. The summed E-state index contributed by atoms with van der Waals surface area (Å²) >= 11 is 7.84. The van der Waals surface area contributed by atoms with Crippen LogP contribution in [0.4, 0.5) is 0 Å². The Bertz CT molecular complexity index is 462. The molecule has 4 heteroatoms. The fourth-order valence-electron chi connectivity index (χ4n) is 1.48. The Balaban J connectivity index is 2.79. The number of hydrogen-bond acceptors (Lipinski definition) is 4. The van der Waals surface area contributed by atoms with Crippen molar-refractivity contribution in [2.45, 2.75) is 16.4 Å². The number of hydrogen-bond donors (Lipinski definition) is 2. The zero-order chi connectivity index (χ0) is 10.1. The van der Waals surface area contributed by atoms with E-state index in [1.807, 2.05) is 12.3 Å². The highest BCUT2D eigenvalue weighted by atomic mass is 32.2. The maximum absolute atomic E-state index is 9.23. The summed E-state index contributed by atoms with van der Waals surface area (Å²) in [7, 11) is 0. The Kier molecular flexibility index (Phi) is 3.07. The minimum Gasteiger partial charge on any atom is -0.392 e. The molecule has 0 saturated carbocycles. The van der Waals surface area contributed by atoms with Crippen LogP contribution in [0.2, 0.25) is 0 Å². The van der Waals surface area contributed by atoms with Gasteiger partial charge in [0.1, 0.15) is 0 Å². The predicted molar refractivity (Wildman–Crippen MR) is 66.8 cm³/mol. The average molecular weight is 242 g/mol. The van der Waals surface area contributed by atoms with Gasteiger partial charge in [0.15, 0.2) is 0 Å². The molecule has 0 amide bonds. The van der Waals surface area contributed by atoms with E-state index in [1.165, 1.54) is 10.1 Å². The molecule has 0 aliphatic rings. The first-order valence-electron chi connectivity index (χ1n) is 4.14. The fraction of sp³-hybridized carbons (Fsp3) is 0.200. The van der Waals surface area contributed by atoms with E-state index in [2.05, 4.69) is 24.1 Å². The van der Waals surface area contributed by atoms with Gasteiger partial charge in [-0.05, 0) is 34.7 Å². The molecule has 0 fully saturated rings. The lowest BCUT2D eigenvalue weighted by Crippen LogP contribution is -1.88. The molecule has 0 aliphatic carbocycles. The summed E-state index contributed by atoms with van der Waals surface area (Å²) < 4.78 is 1.20. The van der Waals surface area contributed by atoms with Crippen LogP contribution in [-0.2, 0) is 6.61 Å². The number of aliphatic hydroxyl groups excluding tert-OH is 1. The summed E-state index contributed by atoms with van der Waals surface area (Å²) in [5.41, 5.74) is 0.966. The van der Waals surface area contributed by atoms with E-state index in [4.69, 9.17) is 0 Å². The normalized spacial score (nSPS) is 11.1. The van der Waals surface area contributed by atoms with Crippen LogP contribution in [0.15, 0.2) is 27.3 Å². The summed E-state index contributed by atoms with van der Waals surface area (Å²) in [6, 6.07) is 4.10. The van der Waals surface area contributed by atoms with Gasteiger partial charge in [0.25, 0.3) is 0 Å². The molecule has 1 aromatic carbocycles. The molecule has 1 aromatic heterocycles. The van der Waals surface area contributed by atoms with E-state index >= 15 is 0 Å². The lowest BCUT2D eigenvalue weighted by molar-refractivity contribution is 0.278. The molecule has 0 radical (unpaired) electrons. The second kappa shape index (κ2) is 4.14. The van der Waals surface area contributed by atoms with Crippen molar-refractivity contribution < 1.29 is 5.11 Å². The Hall–Kier alpha value is -0.160. The Morgan fingerprint density at radius 1 is 1.57 bits per heavy atom. The monoisotopic (exact) mass is 242 g/mol. The molecule has 1 nitrogen and oxygen atoms in total. The number of benzene rings is 1. The SMILES string of the molecule is CSc1c(CO)cc2ccsc2c1S. The molecule has 0 spiro atoms. The topological polar surface area (TPSA) is 20.2 Å². The van der Waals surface area contributed by atoms with Gasteiger partial charge in [0.2, 0.25) is 0 Å². The van der Waals surface area contributed by atoms with Crippen LogP contribution in [0.3, 0.4) is 0 Å². The van der Waals surface area contributed by atoms with Gasteiger partial charge in [-0.3, -0.25) is 0 Å². The predicted octanol–water partition coefficient (Wildman–Crippen LogP) is 3.40. The summed E-state index contributed by atoms with van der Waals surface area (Å²) in [5, 5.41) is 12.4. The molecule has 0 saturated heterocycles. The fourth-order valence-corrected chi connectivity index (χ4v) is 3.76. The Morgan fingerprint density at radius 3 is 3.00 bits per heavy atom. The minimum absolute atomic E-state index is 0.0789. The molecule has 74 valence electrons. The summed E-state index contributed by atoms with van der Waals surface area (Å²) in [6.45, 7) is 0.0789. The third kappa shape index (κ3) is 1.56. The molecule has 0 aliphatic heterocycles. The van der Waals surface area contributed by atoms with Gasteiger partial charge in [-0.25, -0.2) is 0 Å². The van der Waals surface area contributed by atoms with Gasteiger partial charge >= 0.3 is 0 Å². The smallest absolute Gasteiger partial charge is 0.0693 e. The van der Waals surface area contributed by atoms with Crippen molar-refractivity contribution in [2.75, 3.05) is 6.26 Å². The third-order valence-electron chi connectivity index (χ3n) is 2.12. The van der Waals surface area contributed by atoms with Crippen LogP contribution in [0.5, 0.6) is 0 Å². The molecule has 0 unspecified atom stereocenters. The highest BCUT2D eigenvalue weighted by Gasteiger charge is 2.10. The summed E-state index contributed by atoms with van der Waals surface area (Å²) in [5.74, 6) is 0. The van der Waals surface area contributed by atoms with E-state index in [-0.39, 0.29) is 6.61 Å². The first-order valence-corrected chi connectivity index (χ1v) is 6.70. The molecule has 0 bridgehead atoms. The van der Waals surface area contributed by atoms with Crippen molar-refractivity contribution in [3.63, 3.8) is 0 Å². The van der Waals surface area contributed by atoms with Crippen LogP contribution in [-0.4, -0.2) is 11.4 Å². The van der Waals surface area contributed by atoms with Crippen molar-refractivity contribution in [2.24, 2.45) is 0 Å². The van der Waals surface area contributed by atoms with Crippen LogP contribution in [0.1, 0.15) is 5.56 Å². The Labute approximate surface area is 96.6 Å². The van der Waals surface area contributed by atoms with E-state index in [9.17, 15) is 5.11 Å². The van der Waals surface area contributed by atoms with Crippen molar-refractivity contribution in [3.05, 3.63) is 23.1 Å². The van der Waals surface area contributed by atoms with Crippen LogP contribution < -0.4 is 0 Å². The van der Waals surface area contributed by atoms with Crippen LogP contribution in [0, 0.1) is 0 Å². The standard InChI is InChI=1S/C10H10OS3/c1-13-9-7(5-11)4-6-2-3-14-10(6)8(9)12/h2-4,11-12H,5H2,1H3. The number of thiophene rings is 1. The van der Waals surface area contributed by atoms with Crippen molar-refractivity contribution in [1.82, 2.24) is 0 Å². The van der Waals surface area contributed by atoms with E-state index in [1.54, 1.807) is 23.1 Å². The first-order chi connectivity index (χ1) is 6.77. The number of thioether (sulfide) groups is 1. The van der Waals surface area contributed by atoms with Crippen molar-refractivity contribution >= 4 is 45.8 Å². The number of rotatable bonds is 2. The molecular formula is C10H10OS3. The van der Waals surface area contributed by atoms with Gasteiger partial charge in [0.05, 0.1) is 6.61 Å². The first kappa shape index (κ1) is 10.4. The Morgan fingerprint density at radius 2 is 2.36 bits per heavy atom. The van der Waals surface area contributed by atoms with Gasteiger partial charge in [-0.1, -0.05) is 0 Å². The van der Waals surface area contributed by atoms with E-state index in [0.29, 0.717) is 0 Å². The molecule has 1 N–H and O–H groups in total. The van der Waals surface area contributed by atoms with Crippen molar-refractivity contribution in [3.8, 4) is 0 Å². The highest BCUT2D eigenvalue weighted by molar-refractivity contribution is 7.99. The van der Waals surface area contributed by atoms with Crippen molar-refractivity contribution in [1.29, 1.82) is 0 Å². The zero-order valence-electron chi connectivity index (χ0n) is 7.65. The maximum atomic E-state index is 9.23. The summed E-state index contributed by atoms with van der Waals surface area (Å²) in [6.07, 6.45) is 2.01. The van der Waals surface area contributed by atoms with Crippen LogP contribution in [0.25, 0.3) is 10.1 Å². The van der Waals surface area contributed by atoms with E-state index in [0.717, 1.165) is 15.4 Å². The lowest BCUT2D eigenvalue weighted by atomic mass is 10.2. The molecule has 14 heavy (non-hydrogen) atoms. The quantitative estimate of drug-likeness (QED) is 0.622. The maximum Gasteiger partial charge on any atom is 0.0693 e. The molecular weight excluding hydrogens is 232 g/mol. The number of thiol groups is 1. The van der Waals surface area contributed by atoms with Gasteiger partial charge in [0, 0.05) is 14.5 Å². The summed E-state index contributed by atoms with van der Waals surface area (Å²) in [4.78, 5) is 2.08. The van der Waals surface area contributed by atoms with E-state index < -0.39 is 0 Å². The molecule has 1 heterocycles. The van der Waals surface area contributed by atoms with Gasteiger partial charge in [-0.15, -0.1) is 35.7 Å². The molecule has 0 atom stereocenters. The number of fused-ring (bicyclic) bond motifs is 1. The molecule has 2 aromatic rings. The highest BCUT2D eigenvalue weighted by Crippen LogP contribution is 2.37. The largest absolute Gasteiger partial charge is 0.392 e. The van der Waals surface area contributed by atoms with Gasteiger partial charge in [-0.2, -0.15) is 0 Å². The third-order valence-corrected chi connectivity index (χ3v) is 4.69. The zero-order valence-corrected chi connectivity index (χ0v) is 10.2. The lowest BCUT2D eigenvalue weighted by Gasteiger charge is -2.08. The van der Waals surface area contributed by atoms with Crippen LogP contribution >= 0.6 is 35.7 Å². The average Bonchev–Trinajstić information content (AvgIpc) is 2.65.